The predicted molar refractivity (Wildman–Crippen MR) is 70.8 cm³/mol. The Balaban J connectivity index is 2.54. The lowest BCUT2D eigenvalue weighted by Crippen LogP contribution is -2.35. The third-order valence-corrected chi connectivity index (χ3v) is 3.58. The Hall–Kier alpha value is -1.31. The molecule has 1 heterocycles. The van der Waals surface area contributed by atoms with Crippen molar-refractivity contribution in [3.63, 3.8) is 0 Å². The lowest BCUT2D eigenvalue weighted by molar-refractivity contribution is 0.579. The summed E-state index contributed by atoms with van der Waals surface area (Å²) >= 11 is 0. The van der Waals surface area contributed by atoms with Crippen LogP contribution in [0.5, 0.6) is 0 Å². The summed E-state index contributed by atoms with van der Waals surface area (Å²) in [6.45, 7) is 10.3. The van der Waals surface area contributed by atoms with Crippen molar-refractivity contribution in [3.05, 3.63) is 41.4 Å². The maximum Gasteiger partial charge on any atom is 0.147 e. The molecule has 1 aliphatic rings. The Kier molecular flexibility index (Phi) is 3.23. The summed E-state index contributed by atoms with van der Waals surface area (Å²) in [5.74, 6) is -0.110. The fraction of sp³-hybridized carbons (Fsp3) is 0.467. The number of benzene rings is 1. The fourth-order valence-electron chi connectivity index (χ4n) is 2.54. The number of hydrogen-bond donors (Lipinski definition) is 0. The Morgan fingerprint density at radius 2 is 2.12 bits per heavy atom. The van der Waals surface area contributed by atoms with Crippen LogP contribution in [0.3, 0.4) is 0 Å². The van der Waals surface area contributed by atoms with Crippen molar-refractivity contribution in [1.82, 2.24) is 0 Å². The van der Waals surface area contributed by atoms with Gasteiger partial charge >= 0.3 is 0 Å². The van der Waals surface area contributed by atoms with Crippen LogP contribution in [0.2, 0.25) is 0 Å². The summed E-state index contributed by atoms with van der Waals surface area (Å²) < 4.78 is 14.2. The molecule has 92 valence electrons. The van der Waals surface area contributed by atoms with E-state index in [1.54, 1.807) is 6.07 Å². The summed E-state index contributed by atoms with van der Waals surface area (Å²) in [6.07, 6.45) is 2.83. The van der Waals surface area contributed by atoms with Gasteiger partial charge in [0.15, 0.2) is 0 Å². The maximum atomic E-state index is 14.2. The van der Waals surface area contributed by atoms with Crippen molar-refractivity contribution < 1.29 is 4.39 Å². The quantitative estimate of drug-likeness (QED) is 0.740. The standard InChI is InChI=1S/C15H20FN/c1-5-11(3)17-12(4)6-7-13-8-10(2)9-14(16)15(13)17/h8-9,11H,4-7H2,1-3H3. The second-order valence-corrected chi connectivity index (χ2v) is 4.95. The number of aryl methyl sites for hydroxylation is 2. The first-order chi connectivity index (χ1) is 8.04. The number of allylic oxidation sites excluding steroid dienone is 1. The highest BCUT2D eigenvalue weighted by Crippen LogP contribution is 2.37. The van der Waals surface area contributed by atoms with Crippen LogP contribution in [0, 0.1) is 12.7 Å². The smallest absolute Gasteiger partial charge is 0.147 e. The number of rotatable bonds is 2. The molecule has 0 spiro atoms. The highest BCUT2D eigenvalue weighted by molar-refractivity contribution is 5.63. The van der Waals surface area contributed by atoms with Crippen molar-refractivity contribution in [2.75, 3.05) is 4.90 Å². The van der Waals surface area contributed by atoms with Crippen LogP contribution < -0.4 is 4.90 Å². The van der Waals surface area contributed by atoms with E-state index in [-0.39, 0.29) is 5.82 Å². The number of anilines is 1. The minimum atomic E-state index is -0.110. The van der Waals surface area contributed by atoms with Gasteiger partial charge in [-0.15, -0.1) is 0 Å². The molecule has 1 unspecified atom stereocenters. The van der Waals surface area contributed by atoms with E-state index in [4.69, 9.17) is 0 Å². The number of nitrogens with zero attached hydrogens (tertiary/aromatic N) is 1. The largest absolute Gasteiger partial charge is 0.340 e. The van der Waals surface area contributed by atoms with Gasteiger partial charge in [-0.1, -0.05) is 19.6 Å². The lowest BCUT2D eigenvalue weighted by atomic mass is 9.95. The van der Waals surface area contributed by atoms with Gasteiger partial charge in [0.2, 0.25) is 0 Å². The number of halogens is 1. The Bertz CT molecular complexity index is 450. The third-order valence-electron chi connectivity index (χ3n) is 3.58. The van der Waals surface area contributed by atoms with Crippen molar-refractivity contribution in [2.45, 2.75) is 46.1 Å². The molecule has 0 fully saturated rings. The molecule has 1 nitrogen and oxygen atoms in total. The van der Waals surface area contributed by atoms with Gasteiger partial charge in [-0.05, 0) is 50.3 Å². The zero-order valence-corrected chi connectivity index (χ0v) is 10.9. The molecule has 2 heteroatoms. The van der Waals surface area contributed by atoms with Gasteiger partial charge in [-0.2, -0.15) is 0 Å². The van der Waals surface area contributed by atoms with Crippen molar-refractivity contribution in [1.29, 1.82) is 0 Å². The molecule has 0 N–H and O–H groups in total. The SMILES string of the molecule is C=C1CCc2cc(C)cc(F)c2N1C(C)CC. The molecular weight excluding hydrogens is 213 g/mol. The molecule has 2 rings (SSSR count). The summed E-state index contributed by atoms with van der Waals surface area (Å²) in [5, 5.41) is 0. The molecule has 0 aromatic heterocycles. The molecule has 1 aliphatic heterocycles. The Morgan fingerprint density at radius 3 is 2.76 bits per heavy atom. The lowest BCUT2D eigenvalue weighted by Gasteiger charge is -2.38. The first-order valence-electron chi connectivity index (χ1n) is 6.30. The molecule has 0 aliphatic carbocycles. The van der Waals surface area contributed by atoms with Gasteiger partial charge in [-0.3, -0.25) is 0 Å². The highest BCUT2D eigenvalue weighted by Gasteiger charge is 2.26. The summed E-state index contributed by atoms with van der Waals surface area (Å²) in [5.41, 5.74) is 3.91. The Morgan fingerprint density at radius 1 is 1.41 bits per heavy atom. The van der Waals surface area contributed by atoms with E-state index in [9.17, 15) is 4.39 Å². The molecule has 1 atom stereocenters. The second-order valence-electron chi connectivity index (χ2n) is 4.95. The van der Waals surface area contributed by atoms with Gasteiger partial charge in [0, 0.05) is 11.7 Å². The molecule has 0 amide bonds. The van der Waals surface area contributed by atoms with Crippen LogP contribution in [-0.2, 0) is 6.42 Å². The van der Waals surface area contributed by atoms with E-state index in [2.05, 4.69) is 31.4 Å². The van der Waals surface area contributed by atoms with Crippen molar-refractivity contribution in [3.8, 4) is 0 Å². The van der Waals surface area contributed by atoms with E-state index in [0.717, 1.165) is 41.8 Å². The molecule has 1 aromatic rings. The minimum Gasteiger partial charge on any atom is -0.340 e. The zero-order chi connectivity index (χ0) is 12.6. The minimum absolute atomic E-state index is 0.110. The third kappa shape index (κ3) is 2.08. The van der Waals surface area contributed by atoms with Gasteiger partial charge < -0.3 is 4.90 Å². The van der Waals surface area contributed by atoms with Crippen LogP contribution in [0.1, 0.15) is 37.8 Å². The van der Waals surface area contributed by atoms with Crippen LogP contribution in [0.25, 0.3) is 0 Å². The molecule has 0 bridgehead atoms. The normalized spacial score (nSPS) is 16.9. The van der Waals surface area contributed by atoms with Crippen LogP contribution in [0.4, 0.5) is 10.1 Å². The first-order valence-corrected chi connectivity index (χ1v) is 6.30. The van der Waals surface area contributed by atoms with E-state index in [1.807, 2.05) is 6.92 Å². The summed E-state index contributed by atoms with van der Waals surface area (Å²) in [6, 6.07) is 4.02. The van der Waals surface area contributed by atoms with E-state index < -0.39 is 0 Å². The maximum absolute atomic E-state index is 14.2. The van der Waals surface area contributed by atoms with E-state index >= 15 is 0 Å². The zero-order valence-electron chi connectivity index (χ0n) is 10.9. The molecule has 0 radical (unpaired) electrons. The monoisotopic (exact) mass is 233 g/mol. The van der Waals surface area contributed by atoms with Crippen molar-refractivity contribution >= 4 is 5.69 Å². The van der Waals surface area contributed by atoms with Crippen LogP contribution >= 0.6 is 0 Å². The van der Waals surface area contributed by atoms with Gasteiger partial charge in [0.25, 0.3) is 0 Å². The van der Waals surface area contributed by atoms with Gasteiger partial charge in [0.05, 0.1) is 5.69 Å². The van der Waals surface area contributed by atoms with Crippen LogP contribution in [0.15, 0.2) is 24.4 Å². The second kappa shape index (κ2) is 4.52. The van der Waals surface area contributed by atoms with Gasteiger partial charge in [0.1, 0.15) is 5.82 Å². The number of fused-ring (bicyclic) bond motifs is 1. The summed E-state index contributed by atoms with van der Waals surface area (Å²) in [7, 11) is 0. The van der Waals surface area contributed by atoms with Crippen LogP contribution in [-0.4, -0.2) is 6.04 Å². The topological polar surface area (TPSA) is 3.24 Å². The molecular formula is C15H20FN. The van der Waals surface area contributed by atoms with Gasteiger partial charge in [-0.25, -0.2) is 4.39 Å². The predicted octanol–water partition coefficient (Wildman–Crippen LogP) is 4.20. The average Bonchev–Trinajstić information content (AvgIpc) is 2.28. The van der Waals surface area contributed by atoms with E-state index in [1.165, 1.54) is 0 Å². The molecule has 1 aromatic carbocycles. The van der Waals surface area contributed by atoms with Crippen molar-refractivity contribution in [2.24, 2.45) is 0 Å². The molecule has 0 saturated heterocycles. The molecule has 17 heavy (non-hydrogen) atoms. The average molecular weight is 233 g/mol. The highest BCUT2D eigenvalue weighted by atomic mass is 19.1. The van der Waals surface area contributed by atoms with E-state index in [0.29, 0.717) is 6.04 Å². The fourth-order valence-corrected chi connectivity index (χ4v) is 2.54. The molecule has 0 saturated carbocycles. The summed E-state index contributed by atoms with van der Waals surface area (Å²) in [4.78, 5) is 2.08. The first kappa shape index (κ1) is 12.2. The number of hydrogen-bond acceptors (Lipinski definition) is 1. The Labute approximate surface area is 103 Å².